The van der Waals surface area contributed by atoms with Gasteiger partial charge in [0.15, 0.2) is 5.69 Å². The lowest BCUT2D eigenvalue weighted by Gasteiger charge is -2.12. The van der Waals surface area contributed by atoms with E-state index in [9.17, 15) is 9.59 Å². The smallest absolute Gasteiger partial charge is 0.274 e. The Morgan fingerprint density at radius 2 is 2.09 bits per heavy atom. The van der Waals surface area contributed by atoms with Gasteiger partial charge in [0.05, 0.1) is 18.5 Å². The molecule has 2 amide bonds. The average Bonchev–Trinajstić information content (AvgIpc) is 3.15. The van der Waals surface area contributed by atoms with Crippen LogP contribution in [0.4, 0.5) is 5.69 Å². The number of furan rings is 1. The van der Waals surface area contributed by atoms with Crippen LogP contribution in [0.1, 0.15) is 42.9 Å². The Bertz CT molecular complexity index is 657. The molecule has 23 heavy (non-hydrogen) atoms. The van der Waals surface area contributed by atoms with Crippen LogP contribution in [0.2, 0.25) is 0 Å². The number of aromatic nitrogens is 2. The number of anilines is 1. The minimum absolute atomic E-state index is 0.0748. The summed E-state index contributed by atoms with van der Waals surface area (Å²) >= 11 is 0. The molecule has 2 aromatic rings. The predicted molar refractivity (Wildman–Crippen MR) is 85.8 cm³/mol. The van der Waals surface area contributed by atoms with Crippen LogP contribution < -0.4 is 10.6 Å². The largest absolute Gasteiger partial charge is 0.467 e. The second-order valence-electron chi connectivity index (χ2n) is 5.33. The van der Waals surface area contributed by atoms with Gasteiger partial charge in [-0.2, -0.15) is 5.10 Å². The molecule has 0 aliphatic heterocycles. The van der Waals surface area contributed by atoms with Crippen molar-refractivity contribution in [1.82, 2.24) is 15.1 Å². The van der Waals surface area contributed by atoms with Crippen LogP contribution in [0.15, 0.2) is 29.0 Å². The fourth-order valence-electron chi connectivity index (χ4n) is 2.31. The van der Waals surface area contributed by atoms with E-state index < -0.39 is 0 Å². The highest BCUT2D eigenvalue weighted by atomic mass is 16.3. The zero-order valence-electron chi connectivity index (χ0n) is 13.6. The Labute approximate surface area is 135 Å². The summed E-state index contributed by atoms with van der Waals surface area (Å²) in [4.78, 5) is 24.5. The molecule has 2 rings (SSSR count). The number of hydrogen-bond donors (Lipinski definition) is 2. The molecule has 2 heterocycles. The van der Waals surface area contributed by atoms with Crippen molar-refractivity contribution < 1.29 is 14.0 Å². The number of carbonyl (C=O) groups is 2. The molecule has 124 valence electrons. The molecule has 0 fully saturated rings. The van der Waals surface area contributed by atoms with Crippen molar-refractivity contribution >= 4 is 17.5 Å². The van der Waals surface area contributed by atoms with Crippen molar-refractivity contribution in [3.05, 3.63) is 36.0 Å². The first-order valence-electron chi connectivity index (χ1n) is 7.70. The first kappa shape index (κ1) is 16.8. The van der Waals surface area contributed by atoms with Crippen molar-refractivity contribution in [2.24, 2.45) is 13.0 Å². The lowest BCUT2D eigenvalue weighted by atomic mass is 10.0. The minimum Gasteiger partial charge on any atom is -0.467 e. The van der Waals surface area contributed by atoms with Gasteiger partial charge in [-0.1, -0.05) is 13.8 Å². The van der Waals surface area contributed by atoms with Crippen molar-refractivity contribution in [3.8, 4) is 0 Å². The van der Waals surface area contributed by atoms with Gasteiger partial charge in [-0.25, -0.2) is 0 Å². The summed E-state index contributed by atoms with van der Waals surface area (Å²) in [5.74, 6) is 0.121. The second kappa shape index (κ2) is 7.62. The van der Waals surface area contributed by atoms with Crippen molar-refractivity contribution in [2.75, 3.05) is 5.32 Å². The third-order valence-electron chi connectivity index (χ3n) is 3.66. The van der Waals surface area contributed by atoms with Crippen LogP contribution in [0.3, 0.4) is 0 Å². The molecule has 0 aliphatic rings. The van der Waals surface area contributed by atoms with Gasteiger partial charge in [0.1, 0.15) is 5.76 Å². The van der Waals surface area contributed by atoms with E-state index in [1.807, 2.05) is 13.8 Å². The highest BCUT2D eigenvalue weighted by molar-refractivity contribution is 6.02. The Balaban J connectivity index is 2.07. The molecular weight excluding hydrogens is 296 g/mol. The molecule has 0 spiro atoms. The second-order valence-corrected chi connectivity index (χ2v) is 5.33. The van der Waals surface area contributed by atoms with Crippen LogP contribution >= 0.6 is 0 Å². The van der Waals surface area contributed by atoms with Crippen molar-refractivity contribution in [1.29, 1.82) is 0 Å². The molecular formula is C16H22N4O3. The first-order valence-corrected chi connectivity index (χ1v) is 7.70. The summed E-state index contributed by atoms with van der Waals surface area (Å²) in [6, 6.07) is 3.53. The highest BCUT2D eigenvalue weighted by Crippen LogP contribution is 2.17. The van der Waals surface area contributed by atoms with E-state index in [-0.39, 0.29) is 30.0 Å². The summed E-state index contributed by atoms with van der Waals surface area (Å²) in [6.07, 6.45) is 4.68. The van der Waals surface area contributed by atoms with Gasteiger partial charge in [0.25, 0.3) is 5.91 Å². The maximum atomic E-state index is 12.3. The van der Waals surface area contributed by atoms with Crippen molar-refractivity contribution in [2.45, 2.75) is 33.2 Å². The molecule has 0 atom stereocenters. The summed E-state index contributed by atoms with van der Waals surface area (Å²) in [7, 11) is 1.70. The number of aryl methyl sites for hydroxylation is 1. The molecule has 7 nitrogen and oxygen atoms in total. The van der Waals surface area contributed by atoms with E-state index in [1.54, 1.807) is 31.6 Å². The lowest BCUT2D eigenvalue weighted by molar-refractivity contribution is -0.120. The number of carbonyl (C=O) groups excluding carboxylic acids is 2. The Hall–Kier alpha value is -2.57. The number of amides is 2. The van der Waals surface area contributed by atoms with Gasteiger partial charge >= 0.3 is 0 Å². The molecule has 0 aliphatic carbocycles. The van der Waals surface area contributed by atoms with Crippen molar-refractivity contribution in [3.63, 3.8) is 0 Å². The Kier molecular flexibility index (Phi) is 5.56. The van der Waals surface area contributed by atoms with Gasteiger partial charge in [-0.05, 0) is 25.0 Å². The van der Waals surface area contributed by atoms with E-state index in [1.165, 1.54) is 4.68 Å². The maximum Gasteiger partial charge on any atom is 0.274 e. The lowest BCUT2D eigenvalue weighted by Crippen LogP contribution is -2.26. The average molecular weight is 318 g/mol. The molecule has 7 heteroatoms. The zero-order valence-corrected chi connectivity index (χ0v) is 13.6. The van der Waals surface area contributed by atoms with Crippen LogP contribution in [-0.2, 0) is 18.4 Å². The van der Waals surface area contributed by atoms with Gasteiger partial charge in [0, 0.05) is 19.2 Å². The summed E-state index contributed by atoms with van der Waals surface area (Å²) in [6.45, 7) is 4.20. The minimum atomic E-state index is -0.359. The fraction of sp³-hybridized carbons (Fsp3) is 0.438. The standard InChI is InChI=1S/C16H22N4O3/c1-4-11(5-2)15(21)18-13-10-20(3)19-14(13)16(22)17-9-12-7-6-8-23-12/h6-8,10-11H,4-5,9H2,1-3H3,(H,17,22)(H,18,21). The van der Waals surface area contributed by atoms with E-state index in [2.05, 4.69) is 15.7 Å². The number of nitrogens with one attached hydrogen (secondary N) is 2. The van der Waals surface area contributed by atoms with E-state index in [0.717, 1.165) is 12.8 Å². The van der Waals surface area contributed by atoms with Crippen LogP contribution in [-0.4, -0.2) is 21.6 Å². The molecule has 0 radical (unpaired) electrons. The van der Waals surface area contributed by atoms with Gasteiger partial charge < -0.3 is 15.1 Å². The fourth-order valence-corrected chi connectivity index (χ4v) is 2.31. The molecule has 0 aromatic carbocycles. The number of hydrogen-bond acceptors (Lipinski definition) is 4. The number of nitrogens with zero attached hydrogens (tertiary/aromatic N) is 2. The van der Waals surface area contributed by atoms with E-state index >= 15 is 0 Å². The van der Waals surface area contributed by atoms with E-state index in [4.69, 9.17) is 4.42 Å². The monoisotopic (exact) mass is 318 g/mol. The topological polar surface area (TPSA) is 89.2 Å². The first-order chi connectivity index (χ1) is 11.0. The third-order valence-corrected chi connectivity index (χ3v) is 3.66. The van der Waals surface area contributed by atoms with E-state index in [0.29, 0.717) is 11.4 Å². The van der Waals surface area contributed by atoms with Crippen LogP contribution in [0.25, 0.3) is 0 Å². The quantitative estimate of drug-likeness (QED) is 0.820. The summed E-state index contributed by atoms with van der Waals surface area (Å²) < 4.78 is 6.67. The van der Waals surface area contributed by atoms with Crippen LogP contribution in [0, 0.1) is 5.92 Å². The molecule has 0 saturated carbocycles. The zero-order chi connectivity index (χ0) is 16.8. The number of rotatable bonds is 7. The predicted octanol–water partition coefficient (Wildman–Crippen LogP) is 2.32. The third kappa shape index (κ3) is 4.21. The molecule has 2 N–H and O–H groups in total. The molecule has 0 bridgehead atoms. The summed E-state index contributed by atoms with van der Waals surface area (Å²) in [5.41, 5.74) is 0.611. The van der Waals surface area contributed by atoms with Gasteiger partial charge in [0.2, 0.25) is 5.91 Å². The summed E-state index contributed by atoms with van der Waals surface area (Å²) in [5, 5.41) is 9.66. The van der Waals surface area contributed by atoms with Gasteiger partial charge in [-0.3, -0.25) is 14.3 Å². The Morgan fingerprint density at radius 3 is 2.70 bits per heavy atom. The highest BCUT2D eigenvalue weighted by Gasteiger charge is 2.21. The molecule has 0 unspecified atom stereocenters. The Morgan fingerprint density at radius 1 is 1.35 bits per heavy atom. The van der Waals surface area contributed by atoms with Crippen LogP contribution in [0.5, 0.6) is 0 Å². The normalized spacial score (nSPS) is 10.8. The molecule has 0 saturated heterocycles. The molecule has 2 aromatic heterocycles. The SMILES string of the molecule is CCC(CC)C(=O)Nc1cn(C)nc1C(=O)NCc1ccco1. The van der Waals surface area contributed by atoms with Gasteiger partial charge in [-0.15, -0.1) is 0 Å². The maximum absolute atomic E-state index is 12.3.